The van der Waals surface area contributed by atoms with Gasteiger partial charge in [-0.3, -0.25) is 9.78 Å². The monoisotopic (exact) mass is 312 g/mol. The Morgan fingerprint density at radius 3 is 3.00 bits per heavy atom. The third-order valence-electron chi connectivity index (χ3n) is 3.06. The molecule has 1 aromatic carbocycles. The van der Waals surface area contributed by atoms with Crippen LogP contribution in [0.15, 0.2) is 54.9 Å². The molecule has 1 aromatic heterocycles. The Balaban J connectivity index is 1.70. The molecule has 1 heterocycles. The van der Waals surface area contributed by atoms with Crippen LogP contribution in [0.1, 0.15) is 11.1 Å². The second-order valence-corrected chi connectivity index (χ2v) is 5.15. The lowest BCUT2D eigenvalue weighted by atomic mass is 10.2. The van der Waals surface area contributed by atoms with Gasteiger partial charge in [-0.2, -0.15) is 0 Å². The minimum Gasteiger partial charge on any atom is -0.491 e. The number of benzene rings is 1. The lowest BCUT2D eigenvalue weighted by molar-refractivity contribution is -0.117. The summed E-state index contributed by atoms with van der Waals surface area (Å²) in [5.74, 6) is 0.426. The first-order valence-corrected chi connectivity index (χ1v) is 7.37. The number of aryl methyl sites for hydroxylation is 1. The highest BCUT2D eigenvalue weighted by atomic mass is 16.5. The molecule has 0 fully saturated rings. The largest absolute Gasteiger partial charge is 0.491 e. The molecular weight excluding hydrogens is 292 g/mol. The van der Waals surface area contributed by atoms with E-state index in [4.69, 9.17) is 4.74 Å². The van der Waals surface area contributed by atoms with Gasteiger partial charge in [-0.05, 0) is 42.3 Å². The summed E-state index contributed by atoms with van der Waals surface area (Å²) < 4.78 is 5.48. The summed E-state index contributed by atoms with van der Waals surface area (Å²) in [6, 6.07) is 11.2. The van der Waals surface area contributed by atoms with Gasteiger partial charge in [0.25, 0.3) is 0 Å². The molecule has 2 aromatic rings. The van der Waals surface area contributed by atoms with Crippen LogP contribution >= 0.6 is 0 Å². The average molecular weight is 312 g/mol. The third kappa shape index (κ3) is 6.32. The molecule has 1 amide bonds. The number of hydrogen-bond donors (Lipinski definition) is 2. The van der Waals surface area contributed by atoms with E-state index in [-0.39, 0.29) is 19.1 Å². The molecule has 120 valence electrons. The van der Waals surface area contributed by atoms with Crippen LogP contribution in [0, 0.1) is 6.92 Å². The Morgan fingerprint density at radius 1 is 1.39 bits per heavy atom. The van der Waals surface area contributed by atoms with E-state index in [2.05, 4.69) is 10.3 Å². The summed E-state index contributed by atoms with van der Waals surface area (Å²) in [4.78, 5) is 15.6. The normalized spacial score (nSPS) is 12.1. The summed E-state index contributed by atoms with van der Waals surface area (Å²) in [5.41, 5.74) is 1.93. The van der Waals surface area contributed by atoms with E-state index >= 15 is 0 Å². The fourth-order valence-electron chi connectivity index (χ4n) is 1.88. The fraction of sp³-hybridized carbons (Fsp3) is 0.222. The number of carbonyl (C=O) groups is 1. The summed E-state index contributed by atoms with van der Waals surface area (Å²) in [6.45, 7) is 2.22. The average Bonchev–Trinajstić information content (AvgIpc) is 2.57. The van der Waals surface area contributed by atoms with Gasteiger partial charge in [0.05, 0.1) is 0 Å². The first-order chi connectivity index (χ1) is 11.1. The van der Waals surface area contributed by atoms with Gasteiger partial charge in [-0.1, -0.05) is 18.2 Å². The Morgan fingerprint density at radius 2 is 2.26 bits per heavy atom. The molecule has 0 aliphatic rings. The first kappa shape index (κ1) is 16.7. The second kappa shape index (κ2) is 8.70. The van der Waals surface area contributed by atoms with E-state index in [0.717, 1.165) is 11.1 Å². The maximum atomic E-state index is 11.7. The number of hydrogen-bond acceptors (Lipinski definition) is 4. The van der Waals surface area contributed by atoms with Crippen LogP contribution in [0.3, 0.4) is 0 Å². The molecule has 0 radical (unpaired) electrons. The maximum Gasteiger partial charge on any atom is 0.244 e. The Hall–Kier alpha value is -2.66. The number of nitrogens with zero attached hydrogens (tertiary/aromatic N) is 1. The highest BCUT2D eigenvalue weighted by molar-refractivity contribution is 5.91. The molecule has 5 nitrogen and oxygen atoms in total. The highest BCUT2D eigenvalue weighted by Crippen LogP contribution is 2.12. The summed E-state index contributed by atoms with van der Waals surface area (Å²) in [6.07, 6.45) is 5.63. The number of aliphatic hydroxyl groups is 1. The zero-order valence-electron chi connectivity index (χ0n) is 13.0. The molecule has 1 unspecified atom stereocenters. The SMILES string of the molecule is Cc1cccc(OCC(O)CNC(=O)/C=C/c2cccnc2)c1. The van der Waals surface area contributed by atoms with Gasteiger partial charge in [0, 0.05) is 25.0 Å². The molecular formula is C18H20N2O3. The molecule has 0 aliphatic heterocycles. The second-order valence-electron chi connectivity index (χ2n) is 5.15. The van der Waals surface area contributed by atoms with Crippen LogP contribution in [0.4, 0.5) is 0 Å². The van der Waals surface area contributed by atoms with Crippen LogP contribution in [0.2, 0.25) is 0 Å². The van der Waals surface area contributed by atoms with E-state index in [1.54, 1.807) is 24.5 Å². The van der Waals surface area contributed by atoms with Crippen molar-refractivity contribution in [1.29, 1.82) is 0 Å². The van der Waals surface area contributed by atoms with Crippen molar-refractivity contribution >= 4 is 12.0 Å². The van der Waals surface area contributed by atoms with E-state index in [1.165, 1.54) is 6.08 Å². The van der Waals surface area contributed by atoms with Gasteiger partial charge in [-0.25, -0.2) is 0 Å². The summed E-state index contributed by atoms with van der Waals surface area (Å²) >= 11 is 0. The fourth-order valence-corrected chi connectivity index (χ4v) is 1.88. The van der Waals surface area contributed by atoms with E-state index in [9.17, 15) is 9.90 Å². The van der Waals surface area contributed by atoms with Crippen molar-refractivity contribution < 1.29 is 14.6 Å². The predicted molar refractivity (Wildman–Crippen MR) is 89.0 cm³/mol. The number of nitrogens with one attached hydrogen (secondary N) is 1. The minimum atomic E-state index is -0.772. The van der Waals surface area contributed by atoms with Crippen molar-refractivity contribution in [2.24, 2.45) is 0 Å². The molecule has 0 saturated carbocycles. The Bertz CT molecular complexity index is 656. The van der Waals surface area contributed by atoms with E-state index < -0.39 is 6.10 Å². The van der Waals surface area contributed by atoms with Crippen molar-refractivity contribution in [3.8, 4) is 5.75 Å². The van der Waals surface area contributed by atoms with Crippen LogP contribution < -0.4 is 10.1 Å². The van der Waals surface area contributed by atoms with E-state index in [1.807, 2.05) is 37.3 Å². The molecule has 0 aliphatic carbocycles. The number of pyridine rings is 1. The molecule has 2 N–H and O–H groups in total. The third-order valence-corrected chi connectivity index (χ3v) is 3.06. The lowest BCUT2D eigenvalue weighted by Gasteiger charge is -2.13. The topological polar surface area (TPSA) is 71.5 Å². The number of rotatable bonds is 7. The lowest BCUT2D eigenvalue weighted by Crippen LogP contribution is -2.34. The standard InChI is InChI=1S/C18H20N2O3/c1-14-4-2-6-17(10-14)23-13-16(21)12-20-18(22)8-7-15-5-3-9-19-11-15/h2-11,16,21H,12-13H2,1H3,(H,20,22)/b8-7+. The van der Waals surface area contributed by atoms with Gasteiger partial charge in [0.2, 0.25) is 5.91 Å². The molecule has 1 atom stereocenters. The molecule has 2 rings (SSSR count). The zero-order chi connectivity index (χ0) is 16.5. The smallest absolute Gasteiger partial charge is 0.244 e. The van der Waals surface area contributed by atoms with Gasteiger partial charge < -0.3 is 15.2 Å². The number of aliphatic hydroxyl groups excluding tert-OH is 1. The van der Waals surface area contributed by atoms with Crippen LogP contribution in [-0.4, -0.2) is 35.3 Å². The van der Waals surface area contributed by atoms with Gasteiger partial charge in [-0.15, -0.1) is 0 Å². The summed E-state index contributed by atoms with van der Waals surface area (Å²) in [5, 5.41) is 12.5. The number of aromatic nitrogens is 1. The van der Waals surface area contributed by atoms with Crippen molar-refractivity contribution in [1.82, 2.24) is 10.3 Å². The molecule has 0 saturated heterocycles. The van der Waals surface area contributed by atoms with Crippen molar-refractivity contribution in [3.63, 3.8) is 0 Å². The Labute approximate surface area is 135 Å². The quantitative estimate of drug-likeness (QED) is 0.767. The Kier molecular flexibility index (Phi) is 6.32. The minimum absolute atomic E-state index is 0.121. The van der Waals surface area contributed by atoms with Crippen LogP contribution in [0.5, 0.6) is 5.75 Å². The number of amides is 1. The number of ether oxygens (including phenoxy) is 1. The van der Waals surface area contributed by atoms with Gasteiger partial charge >= 0.3 is 0 Å². The van der Waals surface area contributed by atoms with Crippen molar-refractivity contribution in [2.45, 2.75) is 13.0 Å². The predicted octanol–water partition coefficient (Wildman–Crippen LogP) is 1.96. The van der Waals surface area contributed by atoms with Crippen LogP contribution in [-0.2, 0) is 4.79 Å². The molecule has 0 spiro atoms. The van der Waals surface area contributed by atoms with Crippen molar-refractivity contribution in [3.05, 3.63) is 66.0 Å². The zero-order valence-corrected chi connectivity index (χ0v) is 13.0. The highest BCUT2D eigenvalue weighted by Gasteiger charge is 2.06. The molecule has 0 bridgehead atoms. The van der Waals surface area contributed by atoms with Crippen LogP contribution in [0.25, 0.3) is 6.08 Å². The molecule has 5 heteroatoms. The van der Waals surface area contributed by atoms with Crippen molar-refractivity contribution in [2.75, 3.05) is 13.2 Å². The maximum absolute atomic E-state index is 11.7. The number of carbonyl (C=O) groups excluding carboxylic acids is 1. The first-order valence-electron chi connectivity index (χ1n) is 7.37. The summed E-state index contributed by atoms with van der Waals surface area (Å²) in [7, 11) is 0. The van der Waals surface area contributed by atoms with Gasteiger partial charge in [0.15, 0.2) is 0 Å². The molecule has 23 heavy (non-hydrogen) atoms. The van der Waals surface area contributed by atoms with Gasteiger partial charge in [0.1, 0.15) is 18.5 Å². The van der Waals surface area contributed by atoms with E-state index in [0.29, 0.717) is 5.75 Å².